The Morgan fingerprint density at radius 3 is 2.59 bits per heavy atom. The molecule has 0 unspecified atom stereocenters. The molecule has 7 heteroatoms. The van der Waals surface area contributed by atoms with Crippen molar-refractivity contribution in [1.29, 1.82) is 0 Å². The van der Waals surface area contributed by atoms with E-state index >= 15 is 0 Å². The molecule has 0 saturated carbocycles. The third-order valence-electron chi connectivity index (χ3n) is 2.30. The van der Waals surface area contributed by atoms with E-state index in [-0.39, 0.29) is 41.1 Å². The molecule has 0 saturated heterocycles. The van der Waals surface area contributed by atoms with Crippen molar-refractivity contribution >= 4 is 16.9 Å². The van der Waals surface area contributed by atoms with Gasteiger partial charge in [-0.1, -0.05) is 0 Å². The second-order valence-electron chi connectivity index (χ2n) is 3.30. The van der Waals surface area contributed by atoms with Crippen LogP contribution < -0.4 is 24.0 Å². The number of hydrogen-bond donors (Lipinski definition) is 1. The van der Waals surface area contributed by atoms with Crippen LogP contribution in [0.25, 0.3) is 10.9 Å². The van der Waals surface area contributed by atoms with Crippen LogP contribution in [0, 0.1) is 0 Å². The number of rotatable bonds is 3. The van der Waals surface area contributed by atoms with E-state index in [0.29, 0.717) is 5.52 Å². The molecule has 17 heavy (non-hydrogen) atoms. The number of fused-ring (bicyclic) bond motifs is 1. The molecule has 2 rings (SSSR count). The second-order valence-corrected chi connectivity index (χ2v) is 3.30. The van der Waals surface area contributed by atoms with Crippen molar-refractivity contribution in [3.05, 3.63) is 29.0 Å². The molecule has 84 valence electrons. The molecule has 1 heterocycles. The summed E-state index contributed by atoms with van der Waals surface area (Å²) in [5.41, 5.74) is 0.307. The predicted octanol–water partition coefficient (Wildman–Crippen LogP) is -2.13. The molecular weight excluding hydrogens is 225 g/mol. The summed E-state index contributed by atoms with van der Waals surface area (Å²) in [5.74, 6) is -1.49. The number of carbonyl (C=O) groups is 1. The fourth-order valence-electron chi connectivity index (χ4n) is 1.64. The van der Waals surface area contributed by atoms with E-state index in [9.17, 15) is 18.7 Å². The zero-order valence-corrected chi connectivity index (χ0v) is 9.09. The number of hydrogen-bond acceptors (Lipinski definition) is 3. The Labute approximate surface area is 107 Å². The Balaban J connectivity index is 0.00000144. The molecule has 0 spiro atoms. The monoisotopic (exact) mass is 232 g/mol. The summed E-state index contributed by atoms with van der Waals surface area (Å²) >= 11 is 0. The number of carboxylic acid groups (broad SMARTS) is 1. The van der Waals surface area contributed by atoms with Crippen molar-refractivity contribution in [1.82, 2.24) is 10.2 Å². The molecule has 0 bridgehead atoms. The summed E-state index contributed by atoms with van der Waals surface area (Å²) in [7, 11) is 0. The maximum Gasteiger partial charge on any atom is 1.00 e. The molecule has 1 aromatic heterocycles. The number of nitrogens with zero attached hydrogens (tertiary/aromatic N) is 1. The van der Waals surface area contributed by atoms with E-state index in [0.717, 1.165) is 0 Å². The zero-order chi connectivity index (χ0) is 11.7. The maximum atomic E-state index is 12.7. The molecule has 0 atom stereocenters. The van der Waals surface area contributed by atoms with E-state index in [4.69, 9.17) is 0 Å². The van der Waals surface area contributed by atoms with Crippen LogP contribution in [0.15, 0.2) is 12.1 Å². The van der Waals surface area contributed by atoms with Crippen LogP contribution >= 0.6 is 0 Å². The average molecular weight is 232 g/mol. The average Bonchev–Trinajstić information content (AvgIpc) is 2.71. The molecule has 2 aromatic rings. The van der Waals surface area contributed by atoms with Gasteiger partial charge in [0.15, 0.2) is 0 Å². The minimum absolute atomic E-state index is 0. The van der Waals surface area contributed by atoms with E-state index in [2.05, 4.69) is 10.2 Å². The Hall–Kier alpha value is -1.38. The van der Waals surface area contributed by atoms with E-state index in [1.165, 1.54) is 12.1 Å². The third kappa shape index (κ3) is 2.33. The Kier molecular flexibility index (Phi) is 4.26. The van der Waals surface area contributed by atoms with Crippen LogP contribution in [0.1, 0.15) is 21.6 Å². The molecule has 0 aliphatic heterocycles. The standard InChI is InChI=1S/C10H8F2N2O2.Li/c11-3-5-1-6(4-12)8-7(2-5)13-14-9(8)10(15)16;/h1-2H,3-4H2,(H,13,14)(H,15,16);/q;+1/p-1. The molecule has 4 nitrogen and oxygen atoms in total. The first-order chi connectivity index (χ1) is 7.67. The van der Waals surface area contributed by atoms with Crippen LogP contribution in [0.3, 0.4) is 0 Å². The molecule has 0 aliphatic rings. The second kappa shape index (κ2) is 5.30. The van der Waals surface area contributed by atoms with Gasteiger partial charge in [-0.05, 0) is 23.3 Å². The van der Waals surface area contributed by atoms with Gasteiger partial charge in [0.1, 0.15) is 19.0 Å². The van der Waals surface area contributed by atoms with Crippen LogP contribution in [0.2, 0.25) is 0 Å². The maximum absolute atomic E-state index is 12.7. The summed E-state index contributed by atoms with van der Waals surface area (Å²) in [6.45, 7) is -1.63. The van der Waals surface area contributed by atoms with E-state index in [1.54, 1.807) is 0 Å². The van der Waals surface area contributed by atoms with E-state index in [1.807, 2.05) is 0 Å². The molecule has 0 amide bonds. The van der Waals surface area contributed by atoms with Gasteiger partial charge in [0.25, 0.3) is 0 Å². The zero-order valence-electron chi connectivity index (χ0n) is 9.09. The normalized spacial score (nSPS) is 10.2. The van der Waals surface area contributed by atoms with Gasteiger partial charge in [0.05, 0.1) is 11.5 Å². The van der Waals surface area contributed by atoms with Gasteiger partial charge < -0.3 is 9.90 Å². The fourth-order valence-corrected chi connectivity index (χ4v) is 1.64. The minimum Gasteiger partial charge on any atom is -0.543 e. The van der Waals surface area contributed by atoms with Crippen molar-refractivity contribution in [3.8, 4) is 0 Å². The number of aromatic amines is 1. The van der Waals surface area contributed by atoms with Gasteiger partial charge in [0.2, 0.25) is 0 Å². The molecular formula is C10H7F2LiN2O2. The third-order valence-corrected chi connectivity index (χ3v) is 2.30. The van der Waals surface area contributed by atoms with Crippen molar-refractivity contribution in [2.24, 2.45) is 0 Å². The SMILES string of the molecule is O=C([O-])c1n[nH]c2cc(CF)cc(CF)c12.[Li+]. The van der Waals surface area contributed by atoms with Crippen molar-refractivity contribution < 1.29 is 37.5 Å². The number of aromatic nitrogens is 2. The quantitative estimate of drug-likeness (QED) is 0.614. The number of carboxylic acids is 1. The number of carbonyl (C=O) groups excluding carboxylic acids is 1. The summed E-state index contributed by atoms with van der Waals surface area (Å²) in [5, 5.41) is 16.8. The molecule has 0 aliphatic carbocycles. The number of halogens is 2. The predicted molar refractivity (Wildman–Crippen MR) is 50.0 cm³/mol. The van der Waals surface area contributed by atoms with Gasteiger partial charge in [0, 0.05) is 5.39 Å². The van der Waals surface area contributed by atoms with Gasteiger partial charge in [-0.25, -0.2) is 8.78 Å². The van der Waals surface area contributed by atoms with Crippen LogP contribution in [0.5, 0.6) is 0 Å². The minimum atomic E-state index is -1.49. The topological polar surface area (TPSA) is 68.8 Å². The number of aromatic carboxylic acids is 1. The Bertz CT molecular complexity index is 556. The Morgan fingerprint density at radius 2 is 2.06 bits per heavy atom. The first-order valence-electron chi connectivity index (χ1n) is 4.50. The van der Waals surface area contributed by atoms with Crippen LogP contribution in [-0.4, -0.2) is 16.2 Å². The summed E-state index contributed by atoms with van der Waals surface area (Å²) in [4.78, 5) is 10.7. The van der Waals surface area contributed by atoms with E-state index < -0.39 is 19.3 Å². The number of alkyl halides is 2. The number of nitrogens with one attached hydrogen (secondary N) is 1. The van der Waals surface area contributed by atoms with Gasteiger partial charge in [-0.2, -0.15) is 5.10 Å². The first-order valence-corrected chi connectivity index (χ1v) is 4.50. The van der Waals surface area contributed by atoms with Crippen molar-refractivity contribution in [3.63, 3.8) is 0 Å². The van der Waals surface area contributed by atoms with Crippen LogP contribution in [-0.2, 0) is 13.3 Å². The molecule has 1 N–H and O–H groups in total. The largest absolute Gasteiger partial charge is 1.00 e. The van der Waals surface area contributed by atoms with Crippen LogP contribution in [0.4, 0.5) is 8.78 Å². The van der Waals surface area contributed by atoms with Gasteiger partial charge in [-0.3, -0.25) is 5.10 Å². The molecule has 0 radical (unpaired) electrons. The smallest absolute Gasteiger partial charge is 0.543 e. The summed E-state index contributed by atoms with van der Waals surface area (Å²) in [6.07, 6.45) is 0. The molecule has 1 aromatic carbocycles. The van der Waals surface area contributed by atoms with Crippen molar-refractivity contribution in [2.75, 3.05) is 0 Å². The van der Waals surface area contributed by atoms with Crippen molar-refractivity contribution in [2.45, 2.75) is 13.3 Å². The fraction of sp³-hybridized carbons (Fsp3) is 0.200. The summed E-state index contributed by atoms with van der Waals surface area (Å²) in [6, 6.07) is 2.68. The first kappa shape index (κ1) is 13.7. The molecule has 0 fully saturated rings. The number of H-pyrrole nitrogens is 1. The van der Waals surface area contributed by atoms with Gasteiger partial charge in [-0.15, -0.1) is 0 Å². The summed E-state index contributed by atoms with van der Waals surface area (Å²) < 4.78 is 25.2. The number of benzene rings is 1. The Morgan fingerprint density at radius 1 is 1.35 bits per heavy atom. The van der Waals surface area contributed by atoms with Gasteiger partial charge >= 0.3 is 18.9 Å².